The number of methoxy groups -OCH3 is 1. The maximum absolute atomic E-state index is 12.9. The summed E-state index contributed by atoms with van der Waals surface area (Å²) in [4.78, 5) is 29.0. The fraction of sp³-hybridized carbons (Fsp3) is 0.500. The Hall–Kier alpha value is -2.67. The average molecular weight is 399 g/mol. The highest BCUT2D eigenvalue weighted by molar-refractivity contribution is 5.98. The van der Waals surface area contributed by atoms with Gasteiger partial charge in [0.05, 0.1) is 25.3 Å². The van der Waals surface area contributed by atoms with E-state index >= 15 is 0 Å². The molecule has 7 heteroatoms. The van der Waals surface area contributed by atoms with Gasteiger partial charge in [0.15, 0.2) is 5.49 Å². The van der Waals surface area contributed by atoms with E-state index in [1.54, 1.807) is 18.2 Å². The second kappa shape index (κ2) is 8.37. The van der Waals surface area contributed by atoms with Crippen molar-refractivity contribution in [2.45, 2.75) is 51.7 Å². The van der Waals surface area contributed by atoms with Crippen molar-refractivity contribution in [3.8, 4) is 0 Å². The topological polar surface area (TPSA) is 74.8 Å². The van der Waals surface area contributed by atoms with Crippen LogP contribution in [0.1, 0.15) is 60.0 Å². The number of rotatable bonds is 4. The molecule has 2 heterocycles. The van der Waals surface area contributed by atoms with Crippen LogP contribution < -0.4 is 5.49 Å². The lowest BCUT2D eigenvalue weighted by Gasteiger charge is -2.21. The van der Waals surface area contributed by atoms with Gasteiger partial charge in [0.2, 0.25) is 0 Å². The van der Waals surface area contributed by atoms with Crippen molar-refractivity contribution in [1.29, 1.82) is 0 Å². The Labute approximate surface area is 170 Å². The molecule has 0 saturated carbocycles. The third kappa shape index (κ3) is 4.67. The van der Waals surface area contributed by atoms with E-state index < -0.39 is 11.9 Å². The zero-order valence-electron chi connectivity index (χ0n) is 17.8. The first-order chi connectivity index (χ1) is 13.7. The van der Waals surface area contributed by atoms with Crippen LogP contribution in [0.5, 0.6) is 0 Å². The van der Waals surface area contributed by atoms with Gasteiger partial charge in [0.1, 0.15) is 0 Å². The zero-order valence-corrected chi connectivity index (χ0v) is 17.8. The number of hydrogen-bond acceptors (Lipinski definition) is 4. The van der Waals surface area contributed by atoms with E-state index in [2.05, 4.69) is 30.4 Å². The molecule has 0 spiro atoms. The molecule has 156 valence electrons. The van der Waals surface area contributed by atoms with Crippen LogP contribution in [0.2, 0.25) is 0 Å². The van der Waals surface area contributed by atoms with Crippen LogP contribution in [-0.4, -0.2) is 41.1 Å². The van der Waals surface area contributed by atoms with Gasteiger partial charge in [-0.15, -0.1) is 0 Å². The molecule has 1 aromatic carbocycles. The van der Waals surface area contributed by atoms with Gasteiger partial charge < -0.3 is 9.47 Å². The zero-order chi connectivity index (χ0) is 21.2. The summed E-state index contributed by atoms with van der Waals surface area (Å²) in [5.41, 5.74) is 2.22. The van der Waals surface area contributed by atoms with Gasteiger partial charge in [-0.05, 0) is 31.0 Å². The second-order valence-electron chi connectivity index (χ2n) is 8.37. The standard InChI is InChI=1S/C22H29N3O4/c1-22(2,3)18-13-19(25(24(18)4)14-17-10-7-11-29-17)23-20(26)15-8-6-9-16(12-15)21(27)28-5/h6,8-9,12-13,17H,7,10-11,14H2,1-5H3/t17-/m1/s1. The maximum atomic E-state index is 12.9. The first kappa shape index (κ1) is 21.0. The molecular weight excluding hydrogens is 370 g/mol. The Balaban J connectivity index is 2.02. The number of nitrogens with zero attached hydrogens (tertiary/aromatic N) is 3. The number of aromatic nitrogens is 2. The average Bonchev–Trinajstić information content (AvgIpc) is 3.30. The van der Waals surface area contributed by atoms with E-state index in [1.807, 2.05) is 17.8 Å². The van der Waals surface area contributed by atoms with E-state index in [4.69, 9.17) is 9.47 Å². The minimum Gasteiger partial charge on any atom is -0.465 e. The predicted octanol–water partition coefficient (Wildman–Crippen LogP) is 2.83. The predicted molar refractivity (Wildman–Crippen MR) is 109 cm³/mol. The van der Waals surface area contributed by atoms with Crippen molar-refractivity contribution in [2.75, 3.05) is 13.7 Å². The molecule has 7 nitrogen and oxygen atoms in total. The molecule has 1 amide bonds. The molecule has 0 aliphatic carbocycles. The minimum absolute atomic E-state index is 0.103. The summed E-state index contributed by atoms with van der Waals surface area (Å²) < 4.78 is 14.6. The van der Waals surface area contributed by atoms with Crippen LogP contribution in [0.3, 0.4) is 0 Å². The summed E-state index contributed by atoms with van der Waals surface area (Å²) in [5, 5.41) is 0. The van der Waals surface area contributed by atoms with E-state index in [-0.39, 0.29) is 11.5 Å². The summed E-state index contributed by atoms with van der Waals surface area (Å²) in [6, 6.07) is 8.38. The molecular formula is C22H29N3O4. The number of benzene rings is 1. The Morgan fingerprint density at radius 1 is 1.24 bits per heavy atom. The molecule has 0 bridgehead atoms. The SMILES string of the molecule is COC(=O)c1cccc(C(=O)N=c2cc(C(C)(C)C)n(C)n2C[C@H]2CCCO2)c1. The molecule has 0 N–H and O–H groups in total. The number of carbonyl (C=O) groups is 2. The van der Waals surface area contributed by atoms with Crippen LogP contribution in [0.15, 0.2) is 35.3 Å². The number of amides is 1. The molecule has 1 saturated heterocycles. The van der Waals surface area contributed by atoms with Gasteiger partial charge in [-0.1, -0.05) is 26.8 Å². The highest BCUT2D eigenvalue weighted by Crippen LogP contribution is 2.21. The molecule has 1 fully saturated rings. The number of hydrogen-bond donors (Lipinski definition) is 0. The molecule has 29 heavy (non-hydrogen) atoms. The van der Waals surface area contributed by atoms with E-state index in [0.29, 0.717) is 23.2 Å². The normalized spacial score (nSPS) is 17.6. The van der Waals surface area contributed by atoms with Gasteiger partial charge >= 0.3 is 5.97 Å². The Bertz CT molecular complexity index is 973. The molecule has 1 atom stereocenters. The molecule has 0 radical (unpaired) electrons. The third-order valence-electron chi connectivity index (χ3n) is 5.16. The number of ether oxygens (including phenoxy) is 2. The summed E-state index contributed by atoms with van der Waals surface area (Å²) in [7, 11) is 3.30. The fourth-order valence-corrected chi connectivity index (χ4v) is 3.63. The van der Waals surface area contributed by atoms with Crippen molar-refractivity contribution in [1.82, 2.24) is 9.36 Å². The monoisotopic (exact) mass is 399 g/mol. The quantitative estimate of drug-likeness (QED) is 0.741. The summed E-state index contributed by atoms with van der Waals surface area (Å²) >= 11 is 0. The van der Waals surface area contributed by atoms with Crippen molar-refractivity contribution in [2.24, 2.45) is 12.0 Å². The Morgan fingerprint density at radius 2 is 1.97 bits per heavy atom. The first-order valence-corrected chi connectivity index (χ1v) is 9.87. The molecule has 2 aromatic rings. The third-order valence-corrected chi connectivity index (χ3v) is 5.16. The first-order valence-electron chi connectivity index (χ1n) is 9.87. The Morgan fingerprint density at radius 3 is 2.59 bits per heavy atom. The molecule has 1 aliphatic rings. The summed E-state index contributed by atoms with van der Waals surface area (Å²) in [6.07, 6.45) is 2.17. The largest absolute Gasteiger partial charge is 0.465 e. The fourth-order valence-electron chi connectivity index (χ4n) is 3.63. The van der Waals surface area contributed by atoms with Crippen LogP contribution >= 0.6 is 0 Å². The van der Waals surface area contributed by atoms with E-state index in [1.165, 1.54) is 13.2 Å². The van der Waals surface area contributed by atoms with E-state index in [0.717, 1.165) is 25.1 Å². The van der Waals surface area contributed by atoms with Crippen molar-refractivity contribution < 1.29 is 19.1 Å². The highest BCUT2D eigenvalue weighted by atomic mass is 16.5. The molecule has 0 unspecified atom stereocenters. The van der Waals surface area contributed by atoms with Gasteiger partial charge in [0, 0.05) is 36.4 Å². The van der Waals surface area contributed by atoms with Crippen molar-refractivity contribution in [3.63, 3.8) is 0 Å². The van der Waals surface area contributed by atoms with Crippen LogP contribution in [-0.2, 0) is 28.5 Å². The lowest BCUT2D eigenvalue weighted by atomic mass is 9.92. The second-order valence-corrected chi connectivity index (χ2v) is 8.37. The molecule has 3 rings (SSSR count). The minimum atomic E-state index is -0.483. The van der Waals surface area contributed by atoms with Crippen molar-refractivity contribution in [3.05, 3.63) is 52.6 Å². The lowest BCUT2D eigenvalue weighted by Crippen LogP contribution is -2.30. The van der Waals surface area contributed by atoms with Crippen LogP contribution in [0, 0.1) is 0 Å². The van der Waals surface area contributed by atoms with Gasteiger partial charge in [-0.3, -0.25) is 14.2 Å². The molecule has 1 aromatic heterocycles. The van der Waals surface area contributed by atoms with Crippen LogP contribution in [0.4, 0.5) is 0 Å². The number of carbonyl (C=O) groups excluding carboxylic acids is 2. The van der Waals surface area contributed by atoms with Crippen LogP contribution in [0.25, 0.3) is 0 Å². The van der Waals surface area contributed by atoms with E-state index in [9.17, 15) is 9.59 Å². The van der Waals surface area contributed by atoms with Crippen molar-refractivity contribution >= 4 is 11.9 Å². The smallest absolute Gasteiger partial charge is 0.337 e. The van der Waals surface area contributed by atoms with Gasteiger partial charge in [0.25, 0.3) is 5.91 Å². The summed E-state index contributed by atoms with van der Waals surface area (Å²) in [6.45, 7) is 7.80. The van der Waals surface area contributed by atoms with Gasteiger partial charge in [-0.25, -0.2) is 4.79 Å². The summed E-state index contributed by atoms with van der Waals surface area (Å²) in [5.74, 6) is -0.884. The Kier molecular flexibility index (Phi) is 6.07. The lowest BCUT2D eigenvalue weighted by molar-refractivity contribution is 0.0600. The maximum Gasteiger partial charge on any atom is 0.337 e. The highest BCUT2D eigenvalue weighted by Gasteiger charge is 2.23. The number of esters is 1. The van der Waals surface area contributed by atoms with Gasteiger partial charge in [-0.2, -0.15) is 4.99 Å². The molecule has 1 aliphatic heterocycles.